The number of benzene rings is 1. The van der Waals surface area contributed by atoms with Gasteiger partial charge in [-0.25, -0.2) is 4.79 Å². The number of carbonyl (C=O) groups is 1. The Bertz CT molecular complexity index is 640. The molecule has 1 aromatic carbocycles. The van der Waals surface area contributed by atoms with E-state index in [0.717, 1.165) is 42.0 Å². The number of rotatable bonds is 2. The van der Waals surface area contributed by atoms with Crippen LogP contribution in [0.15, 0.2) is 22.7 Å². The Labute approximate surface area is 157 Å². The summed E-state index contributed by atoms with van der Waals surface area (Å²) in [7, 11) is 0. The lowest BCUT2D eigenvalue weighted by Gasteiger charge is -2.42. The number of ether oxygens (including phenoxy) is 1. The van der Waals surface area contributed by atoms with E-state index in [2.05, 4.69) is 26.9 Å². The second-order valence-electron chi connectivity index (χ2n) is 7.80. The number of halogens is 2. The van der Waals surface area contributed by atoms with Crippen molar-refractivity contribution in [1.29, 1.82) is 0 Å². The molecule has 0 N–H and O–H groups in total. The minimum absolute atomic E-state index is 0.120. The highest BCUT2D eigenvalue weighted by molar-refractivity contribution is 9.10. The van der Waals surface area contributed by atoms with Crippen molar-refractivity contribution in [2.75, 3.05) is 19.6 Å². The molecule has 0 radical (unpaired) electrons. The maximum atomic E-state index is 12.3. The largest absolute Gasteiger partial charge is 0.444 e. The fraction of sp³-hybridized carbons (Fsp3) is 0.611. The third kappa shape index (κ3) is 4.06. The Hall–Kier alpha value is -0.780. The van der Waals surface area contributed by atoms with Crippen LogP contribution in [0, 0.1) is 0 Å². The molecule has 0 unspecified atom stereocenters. The molecule has 6 heteroatoms. The second-order valence-corrected chi connectivity index (χ2v) is 9.06. The maximum Gasteiger partial charge on any atom is 0.410 e. The molecule has 0 atom stereocenters. The molecule has 4 nitrogen and oxygen atoms in total. The molecule has 132 valence electrons. The van der Waals surface area contributed by atoms with Crippen LogP contribution in [0.2, 0.25) is 5.02 Å². The zero-order chi connectivity index (χ0) is 17.5. The summed E-state index contributed by atoms with van der Waals surface area (Å²) in [5.41, 5.74) is 0.883. The lowest BCUT2D eigenvalue weighted by atomic mass is 10.1. The average molecular weight is 416 g/mol. The first kappa shape index (κ1) is 18.0. The maximum absolute atomic E-state index is 12.3. The van der Waals surface area contributed by atoms with Crippen LogP contribution in [0.1, 0.15) is 39.2 Å². The number of hydrogen-bond acceptors (Lipinski definition) is 3. The average Bonchev–Trinajstić information content (AvgIpc) is 3.23. The van der Waals surface area contributed by atoms with Gasteiger partial charge in [0.2, 0.25) is 0 Å². The summed E-state index contributed by atoms with van der Waals surface area (Å²) < 4.78 is 6.45. The van der Waals surface area contributed by atoms with E-state index in [-0.39, 0.29) is 11.6 Å². The molecule has 3 rings (SSSR count). The highest BCUT2D eigenvalue weighted by Crippen LogP contribution is 2.45. The molecule has 0 aromatic heterocycles. The monoisotopic (exact) mass is 414 g/mol. The van der Waals surface area contributed by atoms with Crippen molar-refractivity contribution in [3.63, 3.8) is 0 Å². The zero-order valence-electron chi connectivity index (χ0n) is 14.4. The molecule has 24 heavy (non-hydrogen) atoms. The summed E-state index contributed by atoms with van der Waals surface area (Å²) in [6.45, 7) is 8.93. The van der Waals surface area contributed by atoms with Crippen molar-refractivity contribution < 1.29 is 9.53 Å². The van der Waals surface area contributed by atoms with E-state index >= 15 is 0 Å². The first-order valence-corrected chi connectivity index (χ1v) is 9.53. The van der Waals surface area contributed by atoms with Gasteiger partial charge in [-0.15, -0.1) is 0 Å². The van der Waals surface area contributed by atoms with Crippen molar-refractivity contribution in [3.8, 4) is 0 Å². The van der Waals surface area contributed by atoms with Gasteiger partial charge in [0.05, 0.1) is 5.02 Å². The third-order valence-electron chi connectivity index (χ3n) is 4.63. The van der Waals surface area contributed by atoms with Crippen molar-refractivity contribution in [2.24, 2.45) is 0 Å². The molecule has 1 aromatic rings. The van der Waals surface area contributed by atoms with Crippen LogP contribution in [-0.4, -0.2) is 46.7 Å². The van der Waals surface area contributed by atoms with E-state index in [0.29, 0.717) is 6.54 Å². The molecule has 1 spiro atoms. The number of hydrogen-bond donors (Lipinski definition) is 0. The molecule has 2 fully saturated rings. The Morgan fingerprint density at radius 2 is 2.04 bits per heavy atom. The van der Waals surface area contributed by atoms with Crippen molar-refractivity contribution in [2.45, 2.75) is 51.3 Å². The van der Waals surface area contributed by atoms with E-state index in [1.54, 1.807) is 0 Å². The zero-order valence-corrected chi connectivity index (χ0v) is 16.8. The highest BCUT2D eigenvalue weighted by atomic mass is 79.9. The summed E-state index contributed by atoms with van der Waals surface area (Å²) >= 11 is 9.64. The molecule has 0 bridgehead atoms. The number of carbonyl (C=O) groups excluding carboxylic acids is 1. The van der Waals surface area contributed by atoms with E-state index in [1.807, 2.05) is 37.8 Å². The summed E-state index contributed by atoms with van der Waals surface area (Å²) in [4.78, 5) is 16.7. The molecule has 1 aliphatic heterocycles. The minimum atomic E-state index is -0.445. The fourth-order valence-electron chi connectivity index (χ4n) is 3.22. The van der Waals surface area contributed by atoms with Gasteiger partial charge >= 0.3 is 6.09 Å². The molecule has 1 saturated heterocycles. The second kappa shape index (κ2) is 6.50. The SMILES string of the molecule is CC(C)(C)OC(=O)N1CCN(Cc2ccc(Br)c(Cl)c2)C2(CC2)C1. The lowest BCUT2D eigenvalue weighted by molar-refractivity contribution is -0.00238. The summed E-state index contributed by atoms with van der Waals surface area (Å²) in [5.74, 6) is 0. The predicted octanol–water partition coefficient (Wildman–Crippen LogP) is 4.69. The number of amides is 1. The van der Waals surface area contributed by atoms with Gasteiger partial charge in [-0.3, -0.25) is 4.90 Å². The van der Waals surface area contributed by atoms with Crippen molar-refractivity contribution in [3.05, 3.63) is 33.3 Å². The molecule has 1 amide bonds. The van der Waals surface area contributed by atoms with Gasteiger partial charge in [0.1, 0.15) is 5.60 Å². The van der Waals surface area contributed by atoms with Gasteiger partial charge in [-0.2, -0.15) is 0 Å². The Morgan fingerprint density at radius 3 is 2.62 bits per heavy atom. The summed E-state index contributed by atoms with van der Waals surface area (Å²) in [6.07, 6.45) is 2.08. The third-order valence-corrected chi connectivity index (χ3v) is 5.86. The van der Waals surface area contributed by atoms with Gasteiger partial charge in [-0.05, 0) is 67.2 Å². The van der Waals surface area contributed by atoms with Crippen LogP contribution >= 0.6 is 27.5 Å². The van der Waals surface area contributed by atoms with E-state index in [4.69, 9.17) is 16.3 Å². The van der Waals surface area contributed by atoms with Gasteiger partial charge in [-0.1, -0.05) is 17.7 Å². The Balaban J connectivity index is 1.65. The van der Waals surface area contributed by atoms with Gasteiger partial charge < -0.3 is 9.64 Å². The van der Waals surface area contributed by atoms with Gasteiger partial charge in [0.25, 0.3) is 0 Å². The first-order valence-electron chi connectivity index (χ1n) is 8.35. The van der Waals surface area contributed by atoms with Crippen molar-refractivity contribution in [1.82, 2.24) is 9.80 Å². The Kier molecular flexibility index (Phi) is 4.89. The van der Waals surface area contributed by atoms with E-state index in [1.165, 1.54) is 5.56 Å². The van der Waals surface area contributed by atoms with Crippen LogP contribution < -0.4 is 0 Å². The fourth-order valence-corrected chi connectivity index (χ4v) is 3.67. The van der Waals surface area contributed by atoms with Crippen LogP contribution in [0.5, 0.6) is 0 Å². The van der Waals surface area contributed by atoms with Gasteiger partial charge in [0.15, 0.2) is 0 Å². The molecule has 1 aliphatic carbocycles. The standard InChI is InChI=1S/C18H24BrClN2O2/c1-17(2,3)24-16(23)21-8-9-22(18(12-21)6-7-18)11-13-4-5-14(19)15(20)10-13/h4-5,10H,6-9,11-12H2,1-3H3. The highest BCUT2D eigenvalue weighted by Gasteiger charge is 2.52. The van der Waals surface area contributed by atoms with Gasteiger partial charge in [0, 0.05) is 36.2 Å². The summed E-state index contributed by atoms with van der Waals surface area (Å²) in [5, 5.41) is 0.740. The van der Waals surface area contributed by atoms with E-state index in [9.17, 15) is 4.79 Å². The smallest absolute Gasteiger partial charge is 0.410 e. The van der Waals surface area contributed by atoms with E-state index < -0.39 is 5.60 Å². The molecule has 1 heterocycles. The molecule has 1 saturated carbocycles. The number of nitrogens with zero attached hydrogens (tertiary/aromatic N) is 2. The minimum Gasteiger partial charge on any atom is -0.444 e. The lowest BCUT2D eigenvalue weighted by Crippen LogP contribution is -2.56. The molecular formula is C18H24BrClN2O2. The topological polar surface area (TPSA) is 32.8 Å². The van der Waals surface area contributed by atoms with Crippen LogP contribution in [0.25, 0.3) is 0 Å². The van der Waals surface area contributed by atoms with Crippen LogP contribution in [-0.2, 0) is 11.3 Å². The Morgan fingerprint density at radius 1 is 1.33 bits per heavy atom. The van der Waals surface area contributed by atoms with Crippen LogP contribution in [0.3, 0.4) is 0 Å². The summed E-state index contributed by atoms with van der Waals surface area (Å²) in [6, 6.07) is 6.11. The van der Waals surface area contributed by atoms with Crippen molar-refractivity contribution >= 4 is 33.6 Å². The molecular weight excluding hydrogens is 392 g/mol. The quantitative estimate of drug-likeness (QED) is 0.702. The molecule has 2 aliphatic rings. The normalized spacial score (nSPS) is 20.3. The van der Waals surface area contributed by atoms with Crippen LogP contribution in [0.4, 0.5) is 4.79 Å². The predicted molar refractivity (Wildman–Crippen MR) is 99.3 cm³/mol. The number of piperazine rings is 1. The first-order chi connectivity index (χ1) is 11.2.